The van der Waals surface area contributed by atoms with Crippen LogP contribution in [0.4, 0.5) is 8.78 Å². The zero-order valence-electron chi connectivity index (χ0n) is 10.6. The SMILES string of the molecule is CN1C(=O)COC(C(=O)O)C1c1cccc(C(F)F)c1. The van der Waals surface area contributed by atoms with E-state index in [1.165, 1.54) is 36.2 Å². The van der Waals surface area contributed by atoms with E-state index < -0.39 is 30.4 Å². The normalized spacial score (nSPS) is 23.2. The number of benzene rings is 1. The van der Waals surface area contributed by atoms with Gasteiger partial charge in [0.15, 0.2) is 6.10 Å². The van der Waals surface area contributed by atoms with Gasteiger partial charge in [0.1, 0.15) is 6.61 Å². The maximum absolute atomic E-state index is 12.7. The summed E-state index contributed by atoms with van der Waals surface area (Å²) in [5, 5.41) is 9.14. The molecule has 1 amide bonds. The maximum Gasteiger partial charge on any atom is 0.335 e. The highest BCUT2D eigenvalue weighted by Gasteiger charge is 2.40. The highest BCUT2D eigenvalue weighted by atomic mass is 19.3. The molecule has 0 radical (unpaired) electrons. The average molecular weight is 285 g/mol. The molecule has 108 valence electrons. The minimum absolute atomic E-state index is 0.224. The lowest BCUT2D eigenvalue weighted by molar-refractivity contribution is -0.171. The van der Waals surface area contributed by atoms with Gasteiger partial charge in [-0.25, -0.2) is 13.6 Å². The molecule has 2 atom stereocenters. The number of hydrogen-bond donors (Lipinski definition) is 1. The first-order valence-corrected chi connectivity index (χ1v) is 5.90. The smallest absolute Gasteiger partial charge is 0.335 e. The number of ether oxygens (including phenoxy) is 1. The van der Waals surface area contributed by atoms with Crippen LogP contribution in [0.5, 0.6) is 0 Å². The van der Waals surface area contributed by atoms with E-state index in [-0.39, 0.29) is 12.2 Å². The second-order valence-electron chi connectivity index (χ2n) is 4.49. The van der Waals surface area contributed by atoms with Crippen molar-refractivity contribution in [1.82, 2.24) is 4.90 Å². The van der Waals surface area contributed by atoms with Gasteiger partial charge in [-0.1, -0.05) is 18.2 Å². The molecule has 1 aliphatic rings. The number of morpholine rings is 1. The van der Waals surface area contributed by atoms with E-state index in [9.17, 15) is 18.4 Å². The van der Waals surface area contributed by atoms with E-state index in [0.717, 1.165) is 0 Å². The van der Waals surface area contributed by atoms with Crippen molar-refractivity contribution in [2.75, 3.05) is 13.7 Å². The van der Waals surface area contributed by atoms with Crippen LogP contribution in [0.2, 0.25) is 0 Å². The molecular weight excluding hydrogens is 272 g/mol. The summed E-state index contributed by atoms with van der Waals surface area (Å²) in [4.78, 5) is 24.0. The van der Waals surface area contributed by atoms with Crippen molar-refractivity contribution in [2.24, 2.45) is 0 Å². The number of carboxylic acids is 1. The van der Waals surface area contributed by atoms with E-state index in [1.54, 1.807) is 0 Å². The first-order chi connectivity index (χ1) is 9.41. The second kappa shape index (κ2) is 5.54. The van der Waals surface area contributed by atoms with Gasteiger partial charge in [0.25, 0.3) is 6.43 Å². The van der Waals surface area contributed by atoms with Crippen LogP contribution >= 0.6 is 0 Å². The Balaban J connectivity index is 2.42. The van der Waals surface area contributed by atoms with Crippen LogP contribution in [0.25, 0.3) is 0 Å². The third-order valence-electron chi connectivity index (χ3n) is 3.23. The number of carbonyl (C=O) groups excluding carboxylic acids is 1. The number of alkyl halides is 2. The van der Waals surface area contributed by atoms with Gasteiger partial charge in [-0.3, -0.25) is 4.79 Å². The van der Waals surface area contributed by atoms with Gasteiger partial charge < -0.3 is 14.7 Å². The summed E-state index contributed by atoms with van der Waals surface area (Å²) in [7, 11) is 1.43. The van der Waals surface area contributed by atoms with Crippen molar-refractivity contribution < 1.29 is 28.2 Å². The molecule has 0 spiro atoms. The molecule has 1 heterocycles. The molecule has 2 rings (SSSR count). The van der Waals surface area contributed by atoms with Gasteiger partial charge in [0.05, 0.1) is 6.04 Å². The Morgan fingerprint density at radius 2 is 2.20 bits per heavy atom. The van der Waals surface area contributed by atoms with E-state index >= 15 is 0 Å². The zero-order chi connectivity index (χ0) is 14.9. The number of rotatable bonds is 3. The van der Waals surface area contributed by atoms with Crippen molar-refractivity contribution in [3.05, 3.63) is 35.4 Å². The van der Waals surface area contributed by atoms with Crippen molar-refractivity contribution in [3.63, 3.8) is 0 Å². The van der Waals surface area contributed by atoms with Crippen LogP contribution in [0.1, 0.15) is 23.6 Å². The molecule has 1 aromatic carbocycles. The predicted molar refractivity (Wildman–Crippen MR) is 64.3 cm³/mol. The van der Waals surface area contributed by atoms with Gasteiger partial charge in [0, 0.05) is 12.6 Å². The number of carbonyl (C=O) groups is 2. The summed E-state index contributed by atoms with van der Waals surface area (Å²) in [5.74, 6) is -1.63. The van der Waals surface area contributed by atoms with Gasteiger partial charge in [-0.15, -0.1) is 0 Å². The summed E-state index contributed by atoms with van der Waals surface area (Å²) < 4.78 is 30.4. The molecule has 1 saturated heterocycles. The van der Waals surface area contributed by atoms with Gasteiger partial charge in [-0.2, -0.15) is 0 Å². The molecule has 2 unspecified atom stereocenters. The molecule has 1 N–H and O–H groups in total. The Bertz CT molecular complexity index is 535. The molecule has 0 aliphatic carbocycles. The molecular formula is C13H13F2NO4. The minimum atomic E-state index is -2.66. The lowest BCUT2D eigenvalue weighted by Gasteiger charge is -2.37. The monoisotopic (exact) mass is 285 g/mol. The van der Waals surface area contributed by atoms with E-state index in [1.807, 2.05) is 0 Å². The highest BCUT2D eigenvalue weighted by molar-refractivity contribution is 5.82. The van der Waals surface area contributed by atoms with Crippen LogP contribution in [-0.4, -0.2) is 41.6 Å². The number of nitrogens with zero attached hydrogens (tertiary/aromatic N) is 1. The Hall–Kier alpha value is -2.02. The fourth-order valence-electron chi connectivity index (χ4n) is 2.20. The highest BCUT2D eigenvalue weighted by Crippen LogP contribution is 2.31. The molecule has 0 aromatic heterocycles. The molecule has 0 saturated carbocycles. The topological polar surface area (TPSA) is 66.8 Å². The molecule has 1 aliphatic heterocycles. The maximum atomic E-state index is 12.7. The fourth-order valence-corrected chi connectivity index (χ4v) is 2.20. The van der Waals surface area contributed by atoms with Gasteiger partial charge in [-0.05, 0) is 11.6 Å². The Kier molecular flexibility index (Phi) is 3.99. The fraction of sp³-hybridized carbons (Fsp3) is 0.385. The largest absolute Gasteiger partial charge is 0.479 e. The van der Waals surface area contributed by atoms with Crippen LogP contribution in [-0.2, 0) is 14.3 Å². The Morgan fingerprint density at radius 3 is 2.80 bits per heavy atom. The molecule has 5 nitrogen and oxygen atoms in total. The predicted octanol–water partition coefficient (Wildman–Crippen LogP) is 1.61. The first-order valence-electron chi connectivity index (χ1n) is 5.90. The standard InChI is InChI=1S/C13H13F2NO4/c1-16-9(17)6-20-11(13(18)19)10(16)7-3-2-4-8(5-7)12(14)15/h2-5,10-12H,6H2,1H3,(H,18,19). The minimum Gasteiger partial charge on any atom is -0.479 e. The quantitative estimate of drug-likeness (QED) is 0.916. The molecule has 0 bridgehead atoms. The number of aliphatic carboxylic acids is 1. The number of carboxylic acid groups (broad SMARTS) is 1. The Labute approximate surface area is 113 Å². The molecule has 1 fully saturated rings. The van der Waals surface area contributed by atoms with Crippen molar-refractivity contribution >= 4 is 11.9 Å². The molecule has 1 aromatic rings. The number of amides is 1. The zero-order valence-corrected chi connectivity index (χ0v) is 10.6. The van der Waals surface area contributed by atoms with Crippen molar-refractivity contribution in [1.29, 1.82) is 0 Å². The van der Waals surface area contributed by atoms with E-state index in [0.29, 0.717) is 5.56 Å². The Morgan fingerprint density at radius 1 is 1.50 bits per heavy atom. The molecule has 20 heavy (non-hydrogen) atoms. The lowest BCUT2D eigenvalue weighted by atomic mass is 9.96. The lowest BCUT2D eigenvalue weighted by Crippen LogP contribution is -2.50. The van der Waals surface area contributed by atoms with Gasteiger partial charge >= 0.3 is 5.97 Å². The summed E-state index contributed by atoms with van der Waals surface area (Å²) in [6.07, 6.45) is -3.94. The number of likely N-dealkylation sites (N-methyl/N-ethyl adjacent to an activating group) is 1. The third kappa shape index (κ3) is 2.62. The average Bonchev–Trinajstić information content (AvgIpc) is 2.41. The van der Waals surface area contributed by atoms with Crippen LogP contribution in [0, 0.1) is 0 Å². The third-order valence-corrected chi connectivity index (χ3v) is 3.23. The van der Waals surface area contributed by atoms with Gasteiger partial charge in [0.2, 0.25) is 5.91 Å². The summed E-state index contributed by atoms with van der Waals surface area (Å²) in [6.45, 7) is -0.335. The number of halogens is 2. The summed E-state index contributed by atoms with van der Waals surface area (Å²) in [6, 6.07) is 4.43. The second-order valence-corrected chi connectivity index (χ2v) is 4.49. The summed E-state index contributed by atoms with van der Waals surface area (Å²) in [5.41, 5.74) is 0.0869. The van der Waals surface area contributed by atoms with Crippen molar-refractivity contribution in [2.45, 2.75) is 18.6 Å². The van der Waals surface area contributed by atoms with Crippen molar-refractivity contribution in [3.8, 4) is 0 Å². The first kappa shape index (κ1) is 14.4. The summed E-state index contributed by atoms with van der Waals surface area (Å²) >= 11 is 0. The van der Waals surface area contributed by atoms with E-state index in [2.05, 4.69) is 0 Å². The van der Waals surface area contributed by atoms with Crippen LogP contribution in [0.15, 0.2) is 24.3 Å². The van der Waals surface area contributed by atoms with E-state index in [4.69, 9.17) is 9.84 Å². The van der Waals surface area contributed by atoms with Crippen LogP contribution < -0.4 is 0 Å². The van der Waals surface area contributed by atoms with Crippen LogP contribution in [0.3, 0.4) is 0 Å². The molecule has 7 heteroatoms. The number of hydrogen-bond acceptors (Lipinski definition) is 3.